The highest BCUT2D eigenvalue weighted by Crippen LogP contribution is 2.32. The van der Waals surface area contributed by atoms with E-state index in [1.165, 1.54) is 5.39 Å². The summed E-state index contributed by atoms with van der Waals surface area (Å²) < 4.78 is 2.99. The van der Waals surface area contributed by atoms with Crippen LogP contribution in [0.1, 0.15) is 12.8 Å². The number of aromatic nitrogens is 6. The van der Waals surface area contributed by atoms with Crippen LogP contribution in [0, 0.1) is 5.92 Å². The standard InChI is InChI=1S/C16H13N7S.C4H6O/c1-17-16-20-14-13(24-16)15(22-21-14)23-8-18-7-12(23)10-2-3-11-9(6-10)4-5-19-11;5-3-4-1-2-4/h2-8,19H,1H3,(H2,17,20,21,22);3-4H,1-2H2. The summed E-state index contributed by atoms with van der Waals surface area (Å²) in [7, 11) is 1.86. The first-order valence-corrected chi connectivity index (χ1v) is 10.2. The highest BCUT2D eigenvalue weighted by Gasteiger charge is 2.19. The lowest BCUT2D eigenvalue weighted by molar-refractivity contribution is -0.108. The Bertz CT molecular complexity index is 1290. The fourth-order valence-electron chi connectivity index (χ4n) is 3.10. The molecule has 5 aromatic rings. The van der Waals surface area contributed by atoms with Crippen molar-refractivity contribution in [1.82, 2.24) is 29.7 Å². The van der Waals surface area contributed by atoms with Crippen LogP contribution in [-0.4, -0.2) is 43.1 Å². The third kappa shape index (κ3) is 3.29. The Hall–Kier alpha value is -3.46. The maximum absolute atomic E-state index is 9.57. The molecule has 4 aromatic heterocycles. The fourth-order valence-corrected chi connectivity index (χ4v) is 3.95. The molecule has 0 saturated heterocycles. The number of carbonyl (C=O) groups excluding carboxylic acids is 1. The largest absolute Gasteiger partial charge is 0.365 e. The first-order valence-electron chi connectivity index (χ1n) is 9.35. The van der Waals surface area contributed by atoms with E-state index in [4.69, 9.17) is 0 Å². The van der Waals surface area contributed by atoms with E-state index in [9.17, 15) is 4.79 Å². The molecule has 1 aliphatic rings. The number of nitrogens with one attached hydrogen (secondary N) is 3. The molecule has 1 saturated carbocycles. The van der Waals surface area contributed by atoms with Crippen LogP contribution >= 0.6 is 11.3 Å². The second-order valence-electron chi connectivity index (χ2n) is 6.90. The van der Waals surface area contributed by atoms with Crippen molar-refractivity contribution in [2.75, 3.05) is 12.4 Å². The van der Waals surface area contributed by atoms with Gasteiger partial charge in [0.2, 0.25) is 0 Å². The van der Waals surface area contributed by atoms with Gasteiger partial charge in [-0.05, 0) is 31.0 Å². The molecule has 6 rings (SSSR count). The molecular weight excluding hydrogens is 386 g/mol. The van der Waals surface area contributed by atoms with Crippen LogP contribution in [0.3, 0.4) is 0 Å². The van der Waals surface area contributed by atoms with Crippen molar-refractivity contribution >= 4 is 44.0 Å². The van der Waals surface area contributed by atoms with Crippen LogP contribution in [0.25, 0.3) is 38.3 Å². The number of carbonyl (C=O) groups is 1. The van der Waals surface area contributed by atoms with Gasteiger partial charge in [-0.15, -0.1) is 0 Å². The molecule has 1 aromatic carbocycles. The van der Waals surface area contributed by atoms with Gasteiger partial charge in [0.25, 0.3) is 0 Å². The number of nitrogens with zero attached hydrogens (tertiary/aromatic N) is 4. The molecule has 29 heavy (non-hydrogen) atoms. The minimum absolute atomic E-state index is 0.454. The Morgan fingerprint density at radius 1 is 1.31 bits per heavy atom. The van der Waals surface area contributed by atoms with Crippen molar-refractivity contribution in [3.63, 3.8) is 0 Å². The number of benzene rings is 1. The van der Waals surface area contributed by atoms with Gasteiger partial charge in [-0.25, -0.2) is 9.97 Å². The number of rotatable bonds is 4. The van der Waals surface area contributed by atoms with Crippen LogP contribution < -0.4 is 5.32 Å². The number of anilines is 1. The second kappa shape index (κ2) is 7.17. The predicted octanol–water partition coefficient (Wildman–Crippen LogP) is 3.99. The van der Waals surface area contributed by atoms with E-state index >= 15 is 0 Å². The highest BCUT2D eigenvalue weighted by atomic mass is 32.1. The average Bonchev–Trinajstić information content (AvgIpc) is 3.14. The molecule has 3 N–H and O–H groups in total. The van der Waals surface area contributed by atoms with Gasteiger partial charge in [-0.3, -0.25) is 9.67 Å². The van der Waals surface area contributed by atoms with E-state index in [0.717, 1.165) is 57.2 Å². The number of thiazole rings is 1. The number of aldehydes is 1. The number of fused-ring (bicyclic) bond motifs is 2. The second-order valence-corrected chi connectivity index (χ2v) is 7.90. The molecule has 0 spiro atoms. The Morgan fingerprint density at radius 3 is 2.97 bits per heavy atom. The maximum Gasteiger partial charge on any atom is 0.185 e. The third-order valence-electron chi connectivity index (χ3n) is 4.84. The van der Waals surface area contributed by atoms with E-state index < -0.39 is 0 Å². The first kappa shape index (κ1) is 17.6. The topological polar surface area (TPSA) is 104 Å². The number of hydrogen-bond donors (Lipinski definition) is 3. The zero-order chi connectivity index (χ0) is 19.8. The summed E-state index contributed by atoms with van der Waals surface area (Å²) in [5.74, 6) is 1.26. The molecule has 0 bridgehead atoms. The minimum Gasteiger partial charge on any atom is -0.365 e. The Labute approximate surface area is 170 Å². The summed E-state index contributed by atoms with van der Waals surface area (Å²) >= 11 is 1.57. The predicted molar refractivity (Wildman–Crippen MR) is 115 cm³/mol. The van der Waals surface area contributed by atoms with Gasteiger partial charge in [-0.1, -0.05) is 17.4 Å². The highest BCUT2D eigenvalue weighted by molar-refractivity contribution is 7.22. The summed E-state index contributed by atoms with van der Waals surface area (Å²) in [6.45, 7) is 0. The average molecular weight is 405 g/mol. The van der Waals surface area contributed by atoms with E-state index in [2.05, 4.69) is 54.7 Å². The summed E-state index contributed by atoms with van der Waals surface area (Å²) in [5, 5.41) is 12.5. The zero-order valence-electron chi connectivity index (χ0n) is 15.7. The lowest BCUT2D eigenvalue weighted by Gasteiger charge is -2.05. The molecule has 1 aliphatic carbocycles. The number of imidazole rings is 1. The SMILES string of the molecule is CNc1nc2[nH]nc(-n3cncc3-c3ccc4[nH]ccc4c3)c2s1.O=CC1CC1. The van der Waals surface area contributed by atoms with Crippen molar-refractivity contribution in [3.05, 3.63) is 43.0 Å². The van der Waals surface area contributed by atoms with Crippen LogP contribution in [0.2, 0.25) is 0 Å². The van der Waals surface area contributed by atoms with E-state index in [1.54, 1.807) is 17.7 Å². The van der Waals surface area contributed by atoms with Crippen molar-refractivity contribution in [2.24, 2.45) is 5.92 Å². The number of aromatic amines is 2. The molecule has 0 aliphatic heterocycles. The van der Waals surface area contributed by atoms with E-state index in [1.807, 2.05) is 24.0 Å². The maximum atomic E-state index is 9.57. The van der Waals surface area contributed by atoms with Gasteiger partial charge in [-0.2, -0.15) is 5.10 Å². The van der Waals surface area contributed by atoms with E-state index in [0.29, 0.717) is 5.92 Å². The van der Waals surface area contributed by atoms with Gasteiger partial charge in [0, 0.05) is 35.6 Å². The smallest absolute Gasteiger partial charge is 0.185 e. The molecule has 1 fully saturated rings. The Balaban J connectivity index is 0.000000319. The molecule has 146 valence electrons. The molecule has 9 heteroatoms. The quantitative estimate of drug-likeness (QED) is 0.392. The number of hydrogen-bond acceptors (Lipinski definition) is 6. The monoisotopic (exact) mass is 405 g/mol. The lowest BCUT2D eigenvalue weighted by atomic mass is 10.1. The first-order chi connectivity index (χ1) is 14.3. The van der Waals surface area contributed by atoms with Crippen LogP contribution in [-0.2, 0) is 4.79 Å². The Kier molecular flexibility index (Phi) is 4.36. The summed E-state index contributed by atoms with van der Waals surface area (Å²) in [6, 6.07) is 8.37. The molecule has 0 radical (unpaired) electrons. The lowest BCUT2D eigenvalue weighted by Crippen LogP contribution is -1.96. The van der Waals surface area contributed by atoms with Gasteiger partial charge < -0.3 is 15.1 Å². The van der Waals surface area contributed by atoms with Gasteiger partial charge >= 0.3 is 0 Å². The van der Waals surface area contributed by atoms with Crippen LogP contribution in [0.15, 0.2) is 43.0 Å². The summed E-state index contributed by atoms with van der Waals surface area (Å²) in [6.07, 6.45) is 8.89. The normalized spacial score (nSPS) is 13.4. The molecule has 0 unspecified atom stereocenters. The fraction of sp³-hybridized carbons (Fsp3) is 0.200. The van der Waals surface area contributed by atoms with Crippen molar-refractivity contribution in [2.45, 2.75) is 12.8 Å². The minimum atomic E-state index is 0.454. The number of H-pyrrole nitrogens is 2. The molecule has 0 atom stereocenters. The molecular formula is C20H19N7OS. The van der Waals surface area contributed by atoms with Gasteiger partial charge in [0.1, 0.15) is 17.3 Å². The van der Waals surface area contributed by atoms with Gasteiger partial charge in [0.05, 0.1) is 11.9 Å². The molecule has 8 nitrogen and oxygen atoms in total. The van der Waals surface area contributed by atoms with Crippen molar-refractivity contribution in [1.29, 1.82) is 0 Å². The zero-order valence-corrected chi connectivity index (χ0v) is 16.5. The van der Waals surface area contributed by atoms with Crippen LogP contribution in [0.5, 0.6) is 0 Å². The summed E-state index contributed by atoms with van der Waals surface area (Å²) in [4.78, 5) is 21.6. The van der Waals surface area contributed by atoms with Gasteiger partial charge in [0.15, 0.2) is 16.6 Å². The van der Waals surface area contributed by atoms with Crippen LogP contribution in [0.4, 0.5) is 5.13 Å². The van der Waals surface area contributed by atoms with Crippen molar-refractivity contribution in [3.8, 4) is 17.1 Å². The molecule has 0 amide bonds. The molecule has 4 heterocycles. The Morgan fingerprint density at radius 2 is 2.21 bits per heavy atom. The van der Waals surface area contributed by atoms with Crippen molar-refractivity contribution < 1.29 is 4.79 Å². The third-order valence-corrected chi connectivity index (χ3v) is 5.91. The summed E-state index contributed by atoms with van der Waals surface area (Å²) in [5.41, 5.74) is 3.98. The van der Waals surface area contributed by atoms with E-state index in [-0.39, 0.29) is 0 Å².